The van der Waals surface area contributed by atoms with Gasteiger partial charge in [-0.15, -0.1) is 0 Å². The van der Waals surface area contributed by atoms with E-state index < -0.39 is 42.3 Å². The third kappa shape index (κ3) is 5.84. The number of nitrogens with one attached hydrogen (secondary N) is 1. The molecule has 0 spiro atoms. The van der Waals surface area contributed by atoms with E-state index in [2.05, 4.69) is 5.32 Å². The monoisotopic (exact) mass is 608 g/mol. The number of fused-ring (bicyclic) bond motifs is 1. The van der Waals surface area contributed by atoms with E-state index in [4.69, 9.17) is 55.9 Å². The highest BCUT2D eigenvalue weighted by Gasteiger charge is 2.48. The number of nitrogens with zero attached hydrogens (tertiary/aromatic N) is 1. The lowest BCUT2D eigenvalue weighted by Crippen LogP contribution is -2.49. The molecule has 8 nitrogen and oxygen atoms in total. The van der Waals surface area contributed by atoms with Crippen molar-refractivity contribution < 1.29 is 28.7 Å². The zero-order valence-electron chi connectivity index (χ0n) is 20.5. The Balaban J connectivity index is 1.41. The Morgan fingerprint density at radius 2 is 1.31 bits per heavy atom. The molecule has 0 radical (unpaired) electrons. The largest absolute Gasteiger partial charge is 0.457 e. The van der Waals surface area contributed by atoms with Crippen LogP contribution in [0.25, 0.3) is 0 Å². The van der Waals surface area contributed by atoms with Gasteiger partial charge in [-0.2, -0.15) is 0 Å². The second-order valence-electron chi connectivity index (χ2n) is 8.77. The molecule has 39 heavy (non-hydrogen) atoms. The van der Waals surface area contributed by atoms with E-state index in [9.17, 15) is 19.2 Å². The van der Waals surface area contributed by atoms with E-state index >= 15 is 0 Å². The first kappa shape index (κ1) is 28.7. The molecule has 3 aromatic carbocycles. The van der Waals surface area contributed by atoms with E-state index in [0.717, 1.165) is 0 Å². The number of halogens is 4. The zero-order chi connectivity index (χ0) is 28.4. The van der Waals surface area contributed by atoms with E-state index in [1.807, 2.05) is 30.3 Å². The lowest BCUT2D eigenvalue weighted by molar-refractivity contribution is -0.152. The van der Waals surface area contributed by atoms with Crippen LogP contribution in [0.15, 0.2) is 54.6 Å². The summed E-state index contributed by atoms with van der Waals surface area (Å²) in [6.07, 6.45) is 0. The van der Waals surface area contributed by atoms with Crippen LogP contribution in [-0.2, 0) is 14.3 Å². The van der Waals surface area contributed by atoms with Crippen LogP contribution in [0.2, 0.25) is 20.1 Å². The molecule has 1 heterocycles. The smallest absolute Gasteiger partial charge is 0.330 e. The minimum absolute atomic E-state index is 0.190. The van der Waals surface area contributed by atoms with Crippen molar-refractivity contribution in [1.29, 1.82) is 0 Å². The van der Waals surface area contributed by atoms with Crippen molar-refractivity contribution in [2.45, 2.75) is 19.9 Å². The number of imide groups is 1. The molecule has 12 heteroatoms. The summed E-state index contributed by atoms with van der Waals surface area (Å²) >= 11 is 24.5. The Labute approximate surface area is 243 Å². The minimum atomic E-state index is -1.37. The number of esters is 1. The molecule has 1 aliphatic rings. The number of amides is 3. The molecule has 0 aromatic heterocycles. The molecule has 0 unspecified atom stereocenters. The van der Waals surface area contributed by atoms with Gasteiger partial charge in [0.05, 0.1) is 31.2 Å². The Kier molecular flexibility index (Phi) is 8.71. The first-order chi connectivity index (χ1) is 18.5. The summed E-state index contributed by atoms with van der Waals surface area (Å²) in [7, 11) is 0. The van der Waals surface area contributed by atoms with Crippen molar-refractivity contribution in [3.05, 3.63) is 85.8 Å². The van der Waals surface area contributed by atoms with Gasteiger partial charge in [-0.1, -0.05) is 78.5 Å². The van der Waals surface area contributed by atoms with E-state index in [1.165, 1.54) is 0 Å². The molecule has 0 saturated heterocycles. The fourth-order valence-corrected chi connectivity index (χ4v) is 4.96. The third-order valence-corrected chi connectivity index (χ3v) is 7.55. The number of carbonyl (C=O) groups is 4. The maximum atomic E-state index is 13.2. The maximum absolute atomic E-state index is 13.2. The molecule has 0 saturated carbocycles. The van der Waals surface area contributed by atoms with Gasteiger partial charge in [0.15, 0.2) is 6.61 Å². The van der Waals surface area contributed by atoms with Gasteiger partial charge in [-0.05, 0) is 42.3 Å². The molecule has 4 rings (SSSR count). The number of anilines is 1. The average Bonchev–Trinajstić information content (AvgIpc) is 3.16. The molecule has 1 N–H and O–H groups in total. The van der Waals surface area contributed by atoms with Crippen molar-refractivity contribution in [1.82, 2.24) is 4.90 Å². The highest BCUT2D eigenvalue weighted by atomic mass is 35.5. The van der Waals surface area contributed by atoms with Crippen LogP contribution in [0, 0.1) is 5.92 Å². The second-order valence-corrected chi connectivity index (χ2v) is 10.3. The molecule has 1 aliphatic heterocycles. The average molecular weight is 610 g/mol. The number of rotatable bonds is 8. The van der Waals surface area contributed by atoms with Crippen LogP contribution in [-0.4, -0.2) is 41.2 Å². The van der Waals surface area contributed by atoms with Crippen molar-refractivity contribution in [3.8, 4) is 11.5 Å². The van der Waals surface area contributed by atoms with Crippen LogP contribution < -0.4 is 10.1 Å². The van der Waals surface area contributed by atoms with Gasteiger partial charge in [0, 0.05) is 5.69 Å². The first-order valence-electron chi connectivity index (χ1n) is 11.5. The highest BCUT2D eigenvalue weighted by Crippen LogP contribution is 2.45. The normalized spacial score (nSPS) is 13.4. The van der Waals surface area contributed by atoms with Gasteiger partial charge >= 0.3 is 5.97 Å². The van der Waals surface area contributed by atoms with Gasteiger partial charge in [0.2, 0.25) is 0 Å². The highest BCUT2D eigenvalue weighted by molar-refractivity contribution is 6.55. The lowest BCUT2D eigenvalue weighted by atomic mass is 10.0. The fraction of sp³-hybridized carbons (Fsp3) is 0.185. The molecule has 3 amide bonds. The molecule has 202 valence electrons. The van der Waals surface area contributed by atoms with Gasteiger partial charge in [0.1, 0.15) is 17.5 Å². The van der Waals surface area contributed by atoms with E-state index in [-0.39, 0.29) is 31.2 Å². The van der Waals surface area contributed by atoms with Crippen LogP contribution >= 0.6 is 46.4 Å². The molecule has 1 atom stereocenters. The quantitative estimate of drug-likeness (QED) is 0.129. The number of hydrogen-bond acceptors (Lipinski definition) is 6. The maximum Gasteiger partial charge on any atom is 0.330 e. The van der Waals surface area contributed by atoms with Crippen LogP contribution in [0.4, 0.5) is 5.69 Å². The summed E-state index contributed by atoms with van der Waals surface area (Å²) in [6.45, 7) is 2.56. The molecular weight excluding hydrogens is 590 g/mol. The number of ether oxygens (including phenoxy) is 2. The number of carbonyl (C=O) groups excluding carboxylic acids is 4. The van der Waals surface area contributed by atoms with Crippen molar-refractivity contribution >= 4 is 75.8 Å². The number of hydrogen-bond donors (Lipinski definition) is 1. The summed E-state index contributed by atoms with van der Waals surface area (Å²) in [6, 6.07) is 14.4. The van der Waals surface area contributed by atoms with Gasteiger partial charge < -0.3 is 14.8 Å². The zero-order valence-corrected chi connectivity index (χ0v) is 23.5. The molecule has 0 bridgehead atoms. The summed E-state index contributed by atoms with van der Waals surface area (Å²) < 4.78 is 10.9. The fourth-order valence-electron chi connectivity index (χ4n) is 3.94. The Morgan fingerprint density at radius 3 is 1.82 bits per heavy atom. The molecule has 0 aliphatic carbocycles. The lowest BCUT2D eigenvalue weighted by Gasteiger charge is -2.27. The predicted molar refractivity (Wildman–Crippen MR) is 148 cm³/mol. The number of para-hydroxylation sites is 1. The summed E-state index contributed by atoms with van der Waals surface area (Å²) in [5.74, 6) is -2.70. The van der Waals surface area contributed by atoms with Gasteiger partial charge in [-0.25, -0.2) is 4.79 Å². The second kappa shape index (κ2) is 11.8. The van der Waals surface area contributed by atoms with Gasteiger partial charge in [-0.3, -0.25) is 19.3 Å². The topological polar surface area (TPSA) is 102 Å². The van der Waals surface area contributed by atoms with Crippen LogP contribution in [0.3, 0.4) is 0 Å². The van der Waals surface area contributed by atoms with Crippen molar-refractivity contribution in [3.63, 3.8) is 0 Å². The van der Waals surface area contributed by atoms with Crippen molar-refractivity contribution in [2.24, 2.45) is 5.92 Å². The number of benzene rings is 3. The van der Waals surface area contributed by atoms with E-state index in [1.54, 1.807) is 38.1 Å². The third-order valence-electron chi connectivity index (χ3n) is 5.75. The Bertz CT molecular complexity index is 1410. The molecule has 0 fully saturated rings. The Morgan fingerprint density at radius 1 is 0.795 bits per heavy atom. The van der Waals surface area contributed by atoms with Gasteiger partial charge in [0.25, 0.3) is 17.7 Å². The predicted octanol–water partition coefficient (Wildman–Crippen LogP) is 6.90. The summed E-state index contributed by atoms with van der Waals surface area (Å²) in [5, 5.41) is 1.72. The van der Waals surface area contributed by atoms with Crippen LogP contribution in [0.1, 0.15) is 34.6 Å². The minimum Gasteiger partial charge on any atom is -0.457 e. The van der Waals surface area contributed by atoms with E-state index in [0.29, 0.717) is 22.1 Å². The molecular formula is C27H20Cl4N2O6. The SMILES string of the molecule is CC(C)[C@@H](C(=O)OCC(=O)Nc1ccc(Oc2ccccc2)cc1)N1C(=O)c2c(Cl)c(Cl)c(Cl)c(Cl)c2C1=O. The first-order valence-corrected chi connectivity index (χ1v) is 13.1. The Hall–Kier alpha value is -3.30. The van der Waals surface area contributed by atoms with Crippen molar-refractivity contribution in [2.75, 3.05) is 11.9 Å². The van der Waals surface area contributed by atoms with Crippen LogP contribution in [0.5, 0.6) is 11.5 Å². The summed E-state index contributed by atoms with van der Waals surface area (Å²) in [5.41, 5.74) is -0.0656. The standard InChI is InChI=1S/C27H20Cl4N2O6/c1-13(2)24(33-25(35)18-19(26(33)36)21(29)23(31)22(30)20(18)28)27(37)38-12-17(34)32-14-8-10-16(11-9-14)39-15-6-4-3-5-7-15/h3-11,13,24H,12H2,1-2H3,(H,32,34)/t24-/m0/s1. The summed E-state index contributed by atoms with van der Waals surface area (Å²) in [4.78, 5) is 52.5. The molecule has 3 aromatic rings.